The summed E-state index contributed by atoms with van der Waals surface area (Å²) < 4.78 is 6.51. The lowest BCUT2D eigenvalue weighted by Gasteiger charge is -2.06. The zero-order valence-corrected chi connectivity index (χ0v) is 15.4. The molecule has 3 rings (SSSR count). The van der Waals surface area contributed by atoms with Crippen LogP contribution in [0, 0.1) is 0 Å². The van der Waals surface area contributed by atoms with Crippen LogP contribution in [0.25, 0.3) is 10.6 Å². The molecule has 0 fully saturated rings. The van der Waals surface area contributed by atoms with Gasteiger partial charge in [0.1, 0.15) is 10.7 Å². The van der Waals surface area contributed by atoms with Crippen molar-refractivity contribution in [3.05, 3.63) is 65.4 Å². The van der Waals surface area contributed by atoms with Gasteiger partial charge in [-0.05, 0) is 12.1 Å². The van der Waals surface area contributed by atoms with Crippen molar-refractivity contribution in [3.8, 4) is 10.6 Å². The summed E-state index contributed by atoms with van der Waals surface area (Å²) in [6, 6.07) is 12.9. The Bertz CT molecular complexity index is 962. The molecule has 0 atom stereocenters. The average Bonchev–Trinajstić information content (AvgIpc) is 3.30. The maximum atomic E-state index is 11.9. The van der Waals surface area contributed by atoms with E-state index in [0.29, 0.717) is 11.4 Å². The van der Waals surface area contributed by atoms with E-state index in [-0.39, 0.29) is 6.42 Å². The molecular weight excluding hydrogens is 366 g/mol. The van der Waals surface area contributed by atoms with Crippen molar-refractivity contribution in [1.29, 1.82) is 0 Å². The second kappa shape index (κ2) is 8.41. The number of nitrogens with zero attached hydrogens (tertiary/aromatic N) is 2. The summed E-state index contributed by atoms with van der Waals surface area (Å²) in [7, 11) is 1.69. The fourth-order valence-corrected chi connectivity index (χ4v) is 3.20. The van der Waals surface area contributed by atoms with Crippen LogP contribution in [0.1, 0.15) is 16.2 Å². The van der Waals surface area contributed by atoms with E-state index in [1.54, 1.807) is 35.3 Å². The van der Waals surface area contributed by atoms with Gasteiger partial charge in [0.2, 0.25) is 0 Å². The van der Waals surface area contributed by atoms with Gasteiger partial charge in [0, 0.05) is 24.2 Å². The SMILES string of the molecule is Cn1cccc1C(=O)NC(=O)COC(=O)Cc1csc(-c2ccccc2)n1. The molecule has 0 saturated carbocycles. The third-order valence-corrected chi connectivity index (χ3v) is 4.63. The normalized spacial score (nSPS) is 10.4. The molecular formula is C19H17N3O4S. The van der Waals surface area contributed by atoms with Gasteiger partial charge in [0.25, 0.3) is 11.8 Å². The van der Waals surface area contributed by atoms with Gasteiger partial charge >= 0.3 is 5.97 Å². The number of rotatable bonds is 6. The monoisotopic (exact) mass is 383 g/mol. The number of thiazole rings is 1. The van der Waals surface area contributed by atoms with E-state index < -0.39 is 24.4 Å². The first kappa shape index (κ1) is 18.5. The molecule has 2 heterocycles. The lowest BCUT2D eigenvalue weighted by atomic mass is 10.2. The molecule has 27 heavy (non-hydrogen) atoms. The van der Waals surface area contributed by atoms with Crippen LogP contribution >= 0.6 is 11.3 Å². The minimum Gasteiger partial charge on any atom is -0.455 e. The van der Waals surface area contributed by atoms with E-state index in [0.717, 1.165) is 10.6 Å². The number of hydrogen-bond acceptors (Lipinski definition) is 6. The summed E-state index contributed by atoms with van der Waals surface area (Å²) in [6.07, 6.45) is 1.65. The summed E-state index contributed by atoms with van der Waals surface area (Å²) in [5.74, 6) is -1.81. The Labute approximate surface area is 159 Å². The van der Waals surface area contributed by atoms with Crippen molar-refractivity contribution < 1.29 is 19.1 Å². The first-order valence-corrected chi connectivity index (χ1v) is 9.02. The fraction of sp³-hybridized carbons (Fsp3) is 0.158. The quantitative estimate of drug-likeness (QED) is 0.659. The molecule has 0 aliphatic carbocycles. The highest BCUT2D eigenvalue weighted by Gasteiger charge is 2.15. The summed E-state index contributed by atoms with van der Waals surface area (Å²) in [5.41, 5.74) is 1.88. The molecule has 0 spiro atoms. The number of amides is 2. The molecule has 2 amide bonds. The van der Waals surface area contributed by atoms with E-state index in [9.17, 15) is 14.4 Å². The second-order valence-corrected chi connectivity index (χ2v) is 6.59. The first-order chi connectivity index (χ1) is 13.0. The molecule has 0 radical (unpaired) electrons. The Morgan fingerprint density at radius 1 is 1.15 bits per heavy atom. The van der Waals surface area contributed by atoms with Crippen LogP contribution in [0.5, 0.6) is 0 Å². The molecule has 3 aromatic rings. The minimum absolute atomic E-state index is 0.0393. The summed E-state index contributed by atoms with van der Waals surface area (Å²) in [6.45, 7) is -0.523. The summed E-state index contributed by atoms with van der Waals surface area (Å²) in [5, 5.41) is 4.77. The second-order valence-electron chi connectivity index (χ2n) is 5.73. The standard InChI is InChI=1S/C19H17N3O4S/c1-22-9-5-8-15(22)18(25)21-16(23)11-26-17(24)10-14-12-27-19(20-14)13-6-3-2-4-7-13/h2-9,12H,10-11H2,1H3,(H,21,23,25). The number of hydrogen-bond donors (Lipinski definition) is 1. The molecule has 0 aliphatic heterocycles. The van der Waals surface area contributed by atoms with Crippen molar-refractivity contribution in [2.75, 3.05) is 6.61 Å². The predicted molar refractivity (Wildman–Crippen MR) is 100 cm³/mol. The number of ether oxygens (including phenoxy) is 1. The Balaban J connectivity index is 1.47. The number of aryl methyl sites for hydroxylation is 1. The van der Waals surface area contributed by atoms with E-state index in [1.807, 2.05) is 30.3 Å². The number of benzene rings is 1. The van der Waals surface area contributed by atoms with E-state index >= 15 is 0 Å². The average molecular weight is 383 g/mol. The molecule has 0 aliphatic rings. The van der Waals surface area contributed by atoms with Gasteiger partial charge in [0.15, 0.2) is 6.61 Å². The molecule has 0 bridgehead atoms. The Kier molecular flexibility index (Phi) is 5.77. The van der Waals surface area contributed by atoms with Crippen molar-refractivity contribution in [2.24, 2.45) is 7.05 Å². The highest BCUT2D eigenvalue weighted by Crippen LogP contribution is 2.23. The van der Waals surface area contributed by atoms with E-state index in [4.69, 9.17) is 4.74 Å². The van der Waals surface area contributed by atoms with Crippen LogP contribution in [0.2, 0.25) is 0 Å². The largest absolute Gasteiger partial charge is 0.455 e. The van der Waals surface area contributed by atoms with Gasteiger partial charge in [-0.25, -0.2) is 4.98 Å². The zero-order chi connectivity index (χ0) is 19.2. The molecule has 8 heteroatoms. The van der Waals surface area contributed by atoms with Crippen LogP contribution in [0.4, 0.5) is 0 Å². The zero-order valence-electron chi connectivity index (χ0n) is 14.5. The Morgan fingerprint density at radius 3 is 2.63 bits per heavy atom. The number of imide groups is 1. The van der Waals surface area contributed by atoms with Gasteiger partial charge in [-0.15, -0.1) is 11.3 Å². The highest BCUT2D eigenvalue weighted by atomic mass is 32.1. The van der Waals surface area contributed by atoms with Gasteiger partial charge in [-0.2, -0.15) is 0 Å². The summed E-state index contributed by atoms with van der Waals surface area (Å²) >= 11 is 1.43. The van der Waals surface area contributed by atoms with Crippen molar-refractivity contribution >= 4 is 29.1 Å². The number of aromatic nitrogens is 2. The topological polar surface area (TPSA) is 90.3 Å². The first-order valence-electron chi connectivity index (χ1n) is 8.14. The van der Waals surface area contributed by atoms with Crippen LogP contribution < -0.4 is 5.32 Å². The van der Waals surface area contributed by atoms with E-state index in [1.165, 1.54) is 11.3 Å². The lowest BCUT2D eigenvalue weighted by molar-refractivity contribution is -0.147. The van der Waals surface area contributed by atoms with Crippen molar-refractivity contribution in [2.45, 2.75) is 6.42 Å². The third-order valence-electron chi connectivity index (χ3n) is 3.69. The minimum atomic E-state index is -0.683. The van der Waals surface area contributed by atoms with Gasteiger partial charge in [-0.3, -0.25) is 19.7 Å². The lowest BCUT2D eigenvalue weighted by Crippen LogP contribution is -2.35. The maximum absolute atomic E-state index is 11.9. The molecule has 7 nitrogen and oxygen atoms in total. The van der Waals surface area contributed by atoms with E-state index in [2.05, 4.69) is 10.3 Å². The molecule has 138 valence electrons. The van der Waals surface area contributed by atoms with Gasteiger partial charge < -0.3 is 9.30 Å². The van der Waals surface area contributed by atoms with Crippen LogP contribution in [0.15, 0.2) is 54.0 Å². The van der Waals surface area contributed by atoms with Crippen molar-refractivity contribution in [3.63, 3.8) is 0 Å². The molecule has 0 saturated heterocycles. The van der Waals surface area contributed by atoms with Gasteiger partial charge in [-0.1, -0.05) is 30.3 Å². The fourth-order valence-electron chi connectivity index (χ4n) is 2.37. The van der Waals surface area contributed by atoms with Crippen LogP contribution in [-0.4, -0.2) is 33.9 Å². The van der Waals surface area contributed by atoms with Crippen molar-refractivity contribution in [1.82, 2.24) is 14.9 Å². The maximum Gasteiger partial charge on any atom is 0.312 e. The molecule has 0 unspecified atom stereocenters. The Morgan fingerprint density at radius 2 is 1.93 bits per heavy atom. The summed E-state index contributed by atoms with van der Waals surface area (Å²) in [4.78, 5) is 40.0. The predicted octanol–water partition coefficient (Wildman–Crippen LogP) is 2.19. The number of carbonyl (C=O) groups is 3. The van der Waals surface area contributed by atoms with Gasteiger partial charge in [0.05, 0.1) is 12.1 Å². The van der Waals surface area contributed by atoms with Crippen LogP contribution in [0.3, 0.4) is 0 Å². The smallest absolute Gasteiger partial charge is 0.312 e. The number of carbonyl (C=O) groups excluding carboxylic acids is 3. The van der Waals surface area contributed by atoms with Crippen LogP contribution in [-0.2, 0) is 27.8 Å². The third kappa shape index (κ3) is 4.89. The molecule has 1 aromatic carbocycles. The number of nitrogens with one attached hydrogen (secondary N) is 1. The molecule has 1 N–H and O–H groups in total. The Hall–Kier alpha value is -3.26. The highest BCUT2D eigenvalue weighted by molar-refractivity contribution is 7.13. The number of esters is 1. The molecule has 2 aromatic heterocycles.